The quantitative estimate of drug-likeness (QED) is 0.679. The average molecular weight is 329 g/mol. The number of amides is 1. The second-order valence-electron chi connectivity index (χ2n) is 5.38. The summed E-state index contributed by atoms with van der Waals surface area (Å²) in [5.41, 5.74) is 1.80. The monoisotopic (exact) mass is 329 g/mol. The number of phenols is 1. The number of anilines is 1. The topological polar surface area (TPSA) is 95.9 Å². The van der Waals surface area contributed by atoms with Gasteiger partial charge in [0, 0.05) is 0 Å². The smallest absolute Gasteiger partial charge is 0.307 e. The normalized spacial score (nSPS) is 10.2. The molecule has 0 saturated carbocycles. The Morgan fingerprint density at radius 1 is 1.12 bits per heavy atom. The fraction of sp³-hybridized carbons (Fsp3) is 0.222. The first-order chi connectivity index (χ1) is 11.4. The molecule has 0 bridgehead atoms. The first-order valence-corrected chi connectivity index (χ1v) is 7.47. The van der Waals surface area contributed by atoms with Gasteiger partial charge in [0.05, 0.1) is 25.1 Å². The maximum Gasteiger partial charge on any atom is 0.307 e. The Kier molecular flexibility index (Phi) is 5.78. The molecule has 24 heavy (non-hydrogen) atoms. The fourth-order valence-corrected chi connectivity index (χ4v) is 2.08. The predicted molar refractivity (Wildman–Crippen MR) is 89.4 cm³/mol. The number of rotatable bonds is 7. The molecule has 0 heterocycles. The molecule has 0 atom stereocenters. The highest BCUT2D eigenvalue weighted by Crippen LogP contribution is 2.24. The predicted octanol–water partition coefficient (Wildman–Crippen LogP) is 2.74. The van der Waals surface area contributed by atoms with E-state index in [0.717, 1.165) is 5.56 Å². The average Bonchev–Trinajstić information content (AvgIpc) is 2.52. The SMILES string of the molecule is Cc1ccc(OCCC(=O)Nc2cc(CC(=O)O)ccc2O)cc1. The van der Waals surface area contributed by atoms with Crippen molar-refractivity contribution in [1.29, 1.82) is 0 Å². The van der Waals surface area contributed by atoms with E-state index >= 15 is 0 Å². The number of carbonyl (C=O) groups excluding carboxylic acids is 1. The van der Waals surface area contributed by atoms with Crippen molar-refractivity contribution in [3.8, 4) is 11.5 Å². The van der Waals surface area contributed by atoms with Crippen molar-refractivity contribution >= 4 is 17.6 Å². The molecule has 2 aromatic rings. The largest absolute Gasteiger partial charge is 0.506 e. The number of carboxylic acids is 1. The minimum Gasteiger partial charge on any atom is -0.506 e. The van der Waals surface area contributed by atoms with Crippen LogP contribution in [0.4, 0.5) is 5.69 Å². The lowest BCUT2D eigenvalue weighted by Crippen LogP contribution is -2.15. The summed E-state index contributed by atoms with van der Waals surface area (Å²) in [6, 6.07) is 11.8. The van der Waals surface area contributed by atoms with Crippen LogP contribution in [0.2, 0.25) is 0 Å². The zero-order valence-electron chi connectivity index (χ0n) is 13.3. The van der Waals surface area contributed by atoms with E-state index in [4.69, 9.17) is 9.84 Å². The van der Waals surface area contributed by atoms with Gasteiger partial charge in [0.1, 0.15) is 11.5 Å². The number of nitrogens with one attached hydrogen (secondary N) is 1. The van der Waals surface area contributed by atoms with Gasteiger partial charge in [-0.15, -0.1) is 0 Å². The van der Waals surface area contributed by atoms with Gasteiger partial charge in [-0.05, 0) is 36.8 Å². The third-order valence-electron chi connectivity index (χ3n) is 3.31. The van der Waals surface area contributed by atoms with Crippen molar-refractivity contribution in [3.05, 3.63) is 53.6 Å². The minimum atomic E-state index is -0.982. The van der Waals surface area contributed by atoms with Gasteiger partial charge in [-0.3, -0.25) is 9.59 Å². The van der Waals surface area contributed by atoms with E-state index < -0.39 is 5.97 Å². The molecule has 2 aromatic carbocycles. The van der Waals surface area contributed by atoms with Crippen LogP contribution < -0.4 is 10.1 Å². The van der Waals surface area contributed by atoms with E-state index in [0.29, 0.717) is 11.3 Å². The molecule has 6 nitrogen and oxygen atoms in total. The number of carboxylic acid groups (broad SMARTS) is 1. The van der Waals surface area contributed by atoms with Gasteiger partial charge in [0.15, 0.2) is 0 Å². The lowest BCUT2D eigenvalue weighted by molar-refractivity contribution is -0.136. The minimum absolute atomic E-state index is 0.108. The van der Waals surface area contributed by atoms with Crippen LogP contribution >= 0.6 is 0 Å². The number of phenolic OH excluding ortho intramolecular Hbond substituents is 1. The van der Waals surface area contributed by atoms with E-state index in [2.05, 4.69) is 5.32 Å². The zero-order chi connectivity index (χ0) is 17.5. The van der Waals surface area contributed by atoms with E-state index in [1.54, 1.807) is 0 Å². The second kappa shape index (κ2) is 8.01. The summed E-state index contributed by atoms with van der Waals surface area (Å²) >= 11 is 0. The van der Waals surface area contributed by atoms with Crippen molar-refractivity contribution < 1.29 is 24.5 Å². The van der Waals surface area contributed by atoms with Crippen LogP contribution in [0.1, 0.15) is 17.5 Å². The highest BCUT2D eigenvalue weighted by molar-refractivity contribution is 5.92. The molecule has 0 aliphatic heterocycles. The second-order valence-corrected chi connectivity index (χ2v) is 5.38. The van der Waals surface area contributed by atoms with Crippen LogP contribution in [-0.2, 0) is 16.0 Å². The molecule has 0 unspecified atom stereocenters. The lowest BCUT2D eigenvalue weighted by atomic mass is 10.1. The van der Waals surface area contributed by atoms with Gasteiger partial charge >= 0.3 is 5.97 Å². The number of hydrogen-bond donors (Lipinski definition) is 3. The van der Waals surface area contributed by atoms with Crippen molar-refractivity contribution in [3.63, 3.8) is 0 Å². The molecule has 126 valence electrons. The Bertz CT molecular complexity index is 725. The maximum absolute atomic E-state index is 11.9. The summed E-state index contributed by atoms with van der Waals surface area (Å²) in [5, 5.41) is 21.1. The van der Waals surface area contributed by atoms with Gasteiger partial charge in [0.25, 0.3) is 0 Å². The maximum atomic E-state index is 11.9. The molecule has 0 aliphatic carbocycles. The van der Waals surface area contributed by atoms with E-state index in [1.807, 2.05) is 31.2 Å². The summed E-state index contributed by atoms with van der Waals surface area (Å²) in [6.45, 7) is 2.17. The molecule has 2 rings (SSSR count). The summed E-state index contributed by atoms with van der Waals surface area (Å²) in [6.07, 6.45) is -0.0733. The van der Waals surface area contributed by atoms with Gasteiger partial charge in [-0.1, -0.05) is 23.8 Å². The van der Waals surface area contributed by atoms with Crippen LogP contribution in [-0.4, -0.2) is 28.7 Å². The van der Waals surface area contributed by atoms with E-state index in [-0.39, 0.29) is 36.8 Å². The van der Waals surface area contributed by atoms with Crippen molar-refractivity contribution in [2.75, 3.05) is 11.9 Å². The molecule has 6 heteroatoms. The van der Waals surface area contributed by atoms with Crippen LogP contribution in [0.15, 0.2) is 42.5 Å². The number of carbonyl (C=O) groups is 2. The Balaban J connectivity index is 1.87. The molecule has 0 spiro atoms. The Hall–Kier alpha value is -3.02. The highest BCUT2D eigenvalue weighted by Gasteiger charge is 2.09. The Labute approximate surface area is 139 Å². The van der Waals surface area contributed by atoms with Gasteiger partial charge in [0.2, 0.25) is 5.91 Å². The van der Waals surface area contributed by atoms with Gasteiger partial charge < -0.3 is 20.3 Å². The summed E-state index contributed by atoms with van der Waals surface area (Å²) in [7, 11) is 0. The molecule has 0 radical (unpaired) electrons. The number of aromatic hydroxyl groups is 1. The first kappa shape index (κ1) is 17.3. The molecule has 0 fully saturated rings. The number of ether oxygens (including phenoxy) is 1. The van der Waals surface area contributed by atoms with Crippen molar-refractivity contribution in [1.82, 2.24) is 0 Å². The van der Waals surface area contributed by atoms with E-state index in [9.17, 15) is 14.7 Å². The highest BCUT2D eigenvalue weighted by atomic mass is 16.5. The van der Waals surface area contributed by atoms with Crippen molar-refractivity contribution in [2.45, 2.75) is 19.8 Å². The molecule has 0 aromatic heterocycles. The number of aliphatic carboxylic acids is 1. The third kappa shape index (κ3) is 5.31. The van der Waals surface area contributed by atoms with Crippen molar-refractivity contribution in [2.24, 2.45) is 0 Å². The lowest BCUT2D eigenvalue weighted by Gasteiger charge is -2.10. The van der Waals surface area contributed by atoms with Gasteiger partial charge in [-0.2, -0.15) is 0 Å². The van der Waals surface area contributed by atoms with Crippen LogP contribution in [0, 0.1) is 6.92 Å². The van der Waals surface area contributed by atoms with Crippen LogP contribution in [0.3, 0.4) is 0 Å². The summed E-state index contributed by atoms with van der Waals surface area (Å²) < 4.78 is 5.47. The number of hydrogen-bond acceptors (Lipinski definition) is 4. The Morgan fingerprint density at radius 3 is 2.50 bits per heavy atom. The molecule has 1 amide bonds. The number of aryl methyl sites for hydroxylation is 1. The van der Waals surface area contributed by atoms with Crippen LogP contribution in [0.25, 0.3) is 0 Å². The summed E-state index contributed by atoms with van der Waals surface area (Å²) in [4.78, 5) is 22.6. The Morgan fingerprint density at radius 2 is 1.83 bits per heavy atom. The third-order valence-corrected chi connectivity index (χ3v) is 3.31. The van der Waals surface area contributed by atoms with Gasteiger partial charge in [-0.25, -0.2) is 0 Å². The molecule has 0 aliphatic rings. The van der Waals surface area contributed by atoms with E-state index in [1.165, 1.54) is 18.2 Å². The molecule has 0 saturated heterocycles. The standard InChI is InChI=1S/C18H19NO5/c1-12-2-5-14(6-3-12)24-9-8-17(21)19-15-10-13(11-18(22)23)4-7-16(15)20/h2-7,10,20H,8-9,11H2,1H3,(H,19,21)(H,22,23). The zero-order valence-corrected chi connectivity index (χ0v) is 13.3. The molecule has 3 N–H and O–H groups in total. The van der Waals surface area contributed by atoms with Crippen LogP contribution in [0.5, 0.6) is 11.5 Å². The molecular formula is C18H19NO5. The summed E-state index contributed by atoms with van der Waals surface area (Å²) in [5.74, 6) is -0.744. The fourth-order valence-electron chi connectivity index (χ4n) is 2.08. The molecular weight excluding hydrogens is 310 g/mol. The number of benzene rings is 2. The first-order valence-electron chi connectivity index (χ1n) is 7.47.